The van der Waals surface area contributed by atoms with Crippen LogP contribution in [0.1, 0.15) is 426 Å². The topological polar surface area (TPSA) is 490 Å². The van der Waals surface area contributed by atoms with Crippen LogP contribution in [0.3, 0.4) is 0 Å². The van der Waals surface area contributed by atoms with E-state index in [4.69, 9.17) is 30.8 Å². The second kappa shape index (κ2) is 104. The maximum atomic E-state index is 14.2. The fourth-order valence-electron chi connectivity index (χ4n) is 14.7. The molecule has 0 aromatic heterocycles. The van der Waals surface area contributed by atoms with Crippen LogP contribution in [-0.4, -0.2) is 187 Å². The van der Waals surface area contributed by atoms with Crippen LogP contribution in [0.2, 0.25) is 0 Å². The van der Waals surface area contributed by atoms with E-state index in [0.717, 1.165) is 128 Å². The number of nitrogens with one attached hydrogen (secondary N) is 14. The van der Waals surface area contributed by atoms with Gasteiger partial charge in [0.25, 0.3) is 0 Å². The van der Waals surface area contributed by atoms with E-state index >= 15 is 0 Å². The minimum Gasteiger partial charge on any atom is -0.370 e. The summed E-state index contributed by atoms with van der Waals surface area (Å²) in [7, 11) is 0. The molecule has 0 spiro atoms. The number of hydrazone groups is 4. The Morgan fingerprint density at radius 2 is 0.446 bits per heavy atom. The molecule has 0 rings (SSSR count). The van der Waals surface area contributed by atoms with Gasteiger partial charge in [-0.05, 0) is 173 Å². The van der Waals surface area contributed by atoms with Gasteiger partial charge in [-0.3, -0.25) is 47.9 Å². The lowest BCUT2D eigenvalue weighted by molar-refractivity contribution is -0.131. The molecule has 35 nitrogen and oxygen atoms in total. The van der Waals surface area contributed by atoms with E-state index in [0.29, 0.717) is 0 Å². The molecule has 3 atom stereocenters. The first-order valence-corrected chi connectivity index (χ1v) is 54.0. The Kier molecular flexibility index (Phi) is 97.4. The molecule has 10 amide bonds. The Morgan fingerprint density at radius 1 is 0.237 bits per heavy atom. The van der Waals surface area contributed by atoms with Crippen molar-refractivity contribution in [3.05, 3.63) is 48.6 Å². The number of hydrogen-bond donors (Lipinski definition) is 16. The monoisotopic (exact) mass is 1960 g/mol. The summed E-state index contributed by atoms with van der Waals surface area (Å²) in [5.41, 5.74) is 21.3. The van der Waals surface area contributed by atoms with E-state index in [-0.39, 0.29) is 97.7 Å². The maximum Gasteiger partial charge on any atom is 0.248 e. The number of nitrogens with zero attached hydrogens (tertiary/aromatic N) is 5. The minimum atomic E-state index is -1.51. The van der Waals surface area contributed by atoms with Crippen molar-refractivity contribution in [2.75, 3.05) is 78.8 Å². The second-order valence-corrected chi connectivity index (χ2v) is 35.8. The van der Waals surface area contributed by atoms with Gasteiger partial charge in [-0.2, -0.15) is 42.8 Å². The number of hydrogen-bond acceptors (Lipinski definition) is 23. The molecule has 0 aliphatic carbocycles. The average Bonchev–Trinajstić information content (AvgIpc) is 0.880. The van der Waals surface area contributed by atoms with Gasteiger partial charge in [0.15, 0.2) is 32.4 Å². The van der Waals surface area contributed by atoms with Gasteiger partial charge >= 0.3 is 0 Å². The first-order chi connectivity index (χ1) is 68.1. The number of carbonyl (C=O) groups is 10. The Labute approximate surface area is 836 Å². The first-order valence-electron chi connectivity index (χ1n) is 54.0. The van der Waals surface area contributed by atoms with Gasteiger partial charge < -0.3 is 64.6 Å². The zero-order valence-electron chi connectivity index (χ0n) is 86.6. The Morgan fingerprint density at radius 3 is 0.698 bits per heavy atom. The predicted octanol–water partition coefficient (Wildman–Crippen LogP) is 16.0. The van der Waals surface area contributed by atoms with E-state index in [1.54, 1.807) is 24.9 Å². The summed E-state index contributed by atoms with van der Waals surface area (Å²) in [5, 5.41) is 42.5. The lowest BCUT2D eigenvalue weighted by Crippen LogP contribution is -2.51. The first kappa shape index (κ1) is 130. The van der Waals surface area contributed by atoms with E-state index in [1.807, 2.05) is 0 Å². The second-order valence-electron chi connectivity index (χ2n) is 35.8. The zero-order valence-corrected chi connectivity index (χ0v) is 86.6. The van der Waals surface area contributed by atoms with Crippen molar-refractivity contribution in [2.24, 2.45) is 36.9 Å². The van der Waals surface area contributed by atoms with Gasteiger partial charge in [-0.25, -0.2) is 24.3 Å². The molecular weight excluding hydrogens is 1770 g/mol. The molecule has 0 aliphatic heterocycles. The van der Waals surface area contributed by atoms with Crippen LogP contribution in [0.5, 0.6) is 0 Å². The summed E-state index contributed by atoms with van der Waals surface area (Å²) >= 11 is 0. The van der Waals surface area contributed by atoms with Crippen LogP contribution in [0.15, 0.2) is 74.0 Å². The summed E-state index contributed by atoms with van der Waals surface area (Å²) in [4.78, 5) is 158. The van der Waals surface area contributed by atoms with E-state index in [2.05, 4.69) is 177 Å². The van der Waals surface area contributed by atoms with Crippen LogP contribution in [0.25, 0.3) is 0 Å². The van der Waals surface area contributed by atoms with Gasteiger partial charge in [0.05, 0.1) is 0 Å². The lowest BCUT2D eigenvalue weighted by atomic mass is 10.1. The fourth-order valence-corrected chi connectivity index (χ4v) is 14.7. The number of carbonyl (C=O) groups excluding carboxylic acids is 10. The van der Waals surface area contributed by atoms with Crippen molar-refractivity contribution in [1.82, 2.24) is 75.5 Å². The number of aliphatic imine (C=N–C) groups is 1. The summed E-state index contributed by atoms with van der Waals surface area (Å²) in [6.07, 6.45) is 89.6. The molecule has 0 heterocycles. The molecule has 18 N–H and O–H groups in total. The Hall–Kier alpha value is -9.35. The highest BCUT2D eigenvalue weighted by Crippen LogP contribution is 2.17. The van der Waals surface area contributed by atoms with Crippen LogP contribution in [0.4, 0.5) is 0 Å². The molecule has 0 saturated heterocycles. The highest BCUT2D eigenvalue weighted by molar-refractivity contribution is 5.93. The number of rotatable bonds is 103. The summed E-state index contributed by atoms with van der Waals surface area (Å²) < 4.78 is 0. The third-order valence-corrected chi connectivity index (χ3v) is 22.9. The SMILES string of the molecule is CCCCCCCCCCC/C=C\CCCC/C=N/NOCC(=O)NCCNC(=O)CC[C@H](NC(=O)CC[C@H](N=C(N)N)C(=O)N[C@@H](CCC(=O)NCCNC(=O)CON/N=C/CCCC/C=C\CCCCCCCCCCC)C(=O)NCCNC(=O)CON/N=C/CCCC/C=C\CCCCCCCCCCC)C(=O)NCCNC(=O)CON/N=C/CCCC/C=C\CCCCCCCCCCC. The molecule has 0 radical (unpaired) electrons. The fraction of sp³-hybridized carbons (Fsp3) is 0.779. The smallest absolute Gasteiger partial charge is 0.248 e. The van der Waals surface area contributed by atoms with Crippen LogP contribution < -0.4 is 87.0 Å². The normalized spacial score (nSPS) is 12.3. The molecule has 0 fully saturated rings. The Bertz CT molecular complexity index is 3290. The van der Waals surface area contributed by atoms with Gasteiger partial charge in [0.1, 0.15) is 18.1 Å². The standard InChI is InChI=1S/C104H193N21O14/c1-5-9-13-17-21-25-29-33-37-41-45-49-53-57-61-65-75-115-122-136-87-97(129)109-81-79-107-94(126)72-69-91(101(133)113-85-83-111-99(131)89-138-124-117-77-67-63-59-55-51-47-43-39-35-31-27-23-19-15-11-7-3)119-96(128)74-71-93(121-104(105)106)103(135)120-92(102(134)114-86-84-112-100(132)90-139-125-118-78-68-64-60-56-52-48-44-40-36-32-28-24-20-16-12-8-4)70-73-95(127)108-80-82-110-98(130)88-137-123-116-76-66-62-58-54-50-46-42-38-34-30-26-22-18-14-10-6-2/h45-52,75-78,91-93,122-125H,5-44,53-74,79-90H2,1-4H3,(H,107,126)(H,108,127)(H,109,129)(H,110,130)(H,111,131)(H,112,132)(H,113,133)(H,114,134)(H,119,128)(H,120,135)(H4,105,106,121)/b49-45-,50-46-,51-47-,52-48-,115-75+,116-76+,117-77+,118-78+/t91-,92-,93-/m0/s1. The highest BCUT2D eigenvalue weighted by atomic mass is 16.7. The number of allylic oxidation sites excluding steroid dienone is 8. The van der Waals surface area contributed by atoms with E-state index in [9.17, 15) is 47.9 Å². The number of nitrogens with two attached hydrogens (primary N) is 2. The van der Waals surface area contributed by atoms with Gasteiger partial charge in [-0.1, -0.05) is 282 Å². The lowest BCUT2D eigenvalue weighted by Gasteiger charge is -2.22. The van der Waals surface area contributed by atoms with E-state index in [1.165, 1.54) is 231 Å². The van der Waals surface area contributed by atoms with E-state index < -0.39 is 103 Å². The molecule has 0 saturated carbocycles. The molecule has 0 aromatic carbocycles. The third-order valence-electron chi connectivity index (χ3n) is 22.9. The van der Waals surface area contributed by atoms with Crippen LogP contribution in [-0.2, 0) is 67.3 Å². The zero-order chi connectivity index (χ0) is 101. The third kappa shape index (κ3) is 97.3. The van der Waals surface area contributed by atoms with Crippen molar-refractivity contribution >= 4 is 89.9 Å². The largest absolute Gasteiger partial charge is 0.370 e. The Balaban J connectivity index is 5.89. The van der Waals surface area contributed by atoms with Gasteiger partial charge in [-0.15, -0.1) is 0 Å². The molecule has 35 heteroatoms. The number of unbranched alkanes of at least 4 members (excludes halogenated alkanes) is 48. The quantitative estimate of drug-likeness (QED) is 0.00884. The van der Waals surface area contributed by atoms with Crippen molar-refractivity contribution in [3.63, 3.8) is 0 Å². The average molecular weight is 1960 g/mol. The highest BCUT2D eigenvalue weighted by Gasteiger charge is 2.29. The van der Waals surface area contributed by atoms with Crippen molar-refractivity contribution in [1.29, 1.82) is 0 Å². The number of amides is 10. The maximum absolute atomic E-state index is 14.2. The molecule has 0 aromatic rings. The summed E-state index contributed by atoms with van der Waals surface area (Å²) in [5.74, 6) is -6.78. The van der Waals surface area contributed by atoms with Crippen LogP contribution >= 0.6 is 0 Å². The van der Waals surface area contributed by atoms with Crippen LogP contribution in [0, 0.1) is 0 Å². The van der Waals surface area contributed by atoms with Crippen molar-refractivity contribution < 1.29 is 67.3 Å². The predicted molar refractivity (Wildman–Crippen MR) is 563 cm³/mol. The molecule has 0 aliphatic rings. The molecule has 0 unspecified atom stereocenters. The summed E-state index contributed by atoms with van der Waals surface area (Å²) in [6.45, 7) is 7.18. The van der Waals surface area contributed by atoms with Crippen molar-refractivity contribution in [3.8, 4) is 0 Å². The minimum absolute atomic E-state index is 0.00596. The molecule has 0 bridgehead atoms. The molecule has 798 valence electrons. The number of guanidine groups is 1. The van der Waals surface area contributed by atoms with Gasteiger partial charge in [0, 0.05) is 96.5 Å². The molecular formula is C104H193N21O14. The van der Waals surface area contributed by atoms with Crippen molar-refractivity contribution in [2.45, 2.75) is 444 Å². The molecule has 139 heavy (non-hydrogen) atoms. The summed E-state index contributed by atoms with van der Waals surface area (Å²) in [6, 6.07) is -4.27. The van der Waals surface area contributed by atoms with Gasteiger partial charge in [0.2, 0.25) is 59.1 Å².